The van der Waals surface area contributed by atoms with Gasteiger partial charge in [0.25, 0.3) is 0 Å². The fourth-order valence-electron chi connectivity index (χ4n) is 0.952. The first kappa shape index (κ1) is 8.37. The third-order valence-corrected chi connectivity index (χ3v) is 2.68. The highest BCUT2D eigenvalue weighted by Crippen LogP contribution is 2.20. The molecule has 3 heteroatoms. The molecule has 1 heterocycles. The molecule has 10 heavy (non-hydrogen) atoms. The number of rotatable bonds is 3. The number of thioether (sulfide) groups is 1. The predicted molar refractivity (Wildman–Crippen MR) is 43.4 cm³/mol. The van der Waals surface area contributed by atoms with E-state index in [-0.39, 0.29) is 12.2 Å². The Kier molecular flexibility index (Phi) is 3.52. The molecule has 0 amide bonds. The smallest absolute Gasteiger partial charge is 0.0932 e. The van der Waals surface area contributed by atoms with Gasteiger partial charge in [0.15, 0.2) is 0 Å². The molecule has 0 spiro atoms. The van der Waals surface area contributed by atoms with Crippen LogP contribution in [0.2, 0.25) is 0 Å². The molecular formula is C7H14O2S. The SMILES string of the molecule is CCCOC1CSCC1O. The molecule has 0 saturated carbocycles. The summed E-state index contributed by atoms with van der Waals surface area (Å²) in [6.07, 6.45) is 0.912. The average molecular weight is 162 g/mol. The Morgan fingerprint density at radius 2 is 2.40 bits per heavy atom. The summed E-state index contributed by atoms with van der Waals surface area (Å²) < 4.78 is 5.39. The summed E-state index contributed by atoms with van der Waals surface area (Å²) in [4.78, 5) is 0. The molecule has 1 N–H and O–H groups in total. The number of hydrogen-bond acceptors (Lipinski definition) is 3. The van der Waals surface area contributed by atoms with Crippen molar-refractivity contribution in [2.45, 2.75) is 25.6 Å². The summed E-state index contributed by atoms with van der Waals surface area (Å²) in [7, 11) is 0. The maximum Gasteiger partial charge on any atom is 0.0932 e. The van der Waals surface area contributed by atoms with Crippen LogP contribution in [0.25, 0.3) is 0 Å². The lowest BCUT2D eigenvalue weighted by atomic mass is 10.3. The van der Waals surface area contributed by atoms with E-state index in [0.717, 1.165) is 24.5 Å². The summed E-state index contributed by atoms with van der Waals surface area (Å²) in [6.45, 7) is 2.86. The Hall–Kier alpha value is 0.270. The summed E-state index contributed by atoms with van der Waals surface area (Å²) >= 11 is 1.77. The van der Waals surface area contributed by atoms with Crippen LogP contribution in [0.4, 0.5) is 0 Å². The molecule has 0 aromatic heterocycles. The molecule has 1 fully saturated rings. The van der Waals surface area contributed by atoms with Gasteiger partial charge in [-0.25, -0.2) is 0 Å². The van der Waals surface area contributed by atoms with Crippen LogP contribution in [0.15, 0.2) is 0 Å². The van der Waals surface area contributed by atoms with E-state index in [1.54, 1.807) is 11.8 Å². The van der Waals surface area contributed by atoms with Crippen LogP contribution in [0.3, 0.4) is 0 Å². The second-order valence-corrected chi connectivity index (χ2v) is 3.59. The summed E-state index contributed by atoms with van der Waals surface area (Å²) in [6, 6.07) is 0. The lowest BCUT2D eigenvalue weighted by Crippen LogP contribution is -2.27. The molecule has 0 aromatic rings. The van der Waals surface area contributed by atoms with Crippen molar-refractivity contribution < 1.29 is 9.84 Å². The maximum absolute atomic E-state index is 9.27. The van der Waals surface area contributed by atoms with Crippen LogP contribution in [0.1, 0.15) is 13.3 Å². The first-order valence-corrected chi connectivity index (χ1v) is 4.87. The zero-order chi connectivity index (χ0) is 7.40. The van der Waals surface area contributed by atoms with Crippen molar-refractivity contribution in [3.05, 3.63) is 0 Å². The lowest BCUT2D eigenvalue weighted by Gasteiger charge is -2.13. The quantitative estimate of drug-likeness (QED) is 0.668. The third-order valence-electron chi connectivity index (χ3n) is 1.54. The van der Waals surface area contributed by atoms with Gasteiger partial charge < -0.3 is 9.84 Å². The van der Waals surface area contributed by atoms with Crippen LogP contribution < -0.4 is 0 Å². The van der Waals surface area contributed by atoms with E-state index in [2.05, 4.69) is 6.92 Å². The first-order chi connectivity index (χ1) is 4.84. The molecule has 2 unspecified atom stereocenters. The largest absolute Gasteiger partial charge is 0.390 e. The van der Waals surface area contributed by atoms with Crippen LogP contribution >= 0.6 is 11.8 Å². The highest BCUT2D eigenvalue weighted by atomic mass is 32.2. The van der Waals surface area contributed by atoms with E-state index in [0.29, 0.717) is 0 Å². The molecule has 1 rings (SSSR count). The van der Waals surface area contributed by atoms with Crippen molar-refractivity contribution in [3.63, 3.8) is 0 Å². The molecule has 1 aliphatic heterocycles. The van der Waals surface area contributed by atoms with Gasteiger partial charge in [-0.2, -0.15) is 11.8 Å². The van der Waals surface area contributed by atoms with Crippen molar-refractivity contribution in [3.8, 4) is 0 Å². The summed E-state index contributed by atoms with van der Waals surface area (Å²) in [5.74, 6) is 1.80. The van der Waals surface area contributed by atoms with Gasteiger partial charge >= 0.3 is 0 Å². The fourth-order valence-corrected chi connectivity index (χ4v) is 2.09. The monoisotopic (exact) mass is 162 g/mol. The van der Waals surface area contributed by atoms with Crippen molar-refractivity contribution in [2.24, 2.45) is 0 Å². The lowest BCUT2D eigenvalue weighted by molar-refractivity contribution is -0.00719. The molecule has 0 bridgehead atoms. The summed E-state index contributed by atoms with van der Waals surface area (Å²) in [5.41, 5.74) is 0. The molecule has 60 valence electrons. The van der Waals surface area contributed by atoms with Gasteiger partial charge in [-0.05, 0) is 6.42 Å². The van der Waals surface area contributed by atoms with Crippen LogP contribution in [0, 0.1) is 0 Å². The predicted octanol–water partition coefficient (Wildman–Crippen LogP) is 0.889. The Balaban J connectivity index is 2.14. The Labute approximate surface area is 66.0 Å². The number of ether oxygens (including phenoxy) is 1. The van der Waals surface area contributed by atoms with E-state index < -0.39 is 0 Å². The standard InChI is InChI=1S/C7H14O2S/c1-2-3-9-7-5-10-4-6(7)8/h6-8H,2-5H2,1H3. The van der Waals surface area contributed by atoms with E-state index >= 15 is 0 Å². The average Bonchev–Trinajstić information content (AvgIpc) is 2.31. The van der Waals surface area contributed by atoms with Crippen LogP contribution in [-0.4, -0.2) is 35.4 Å². The van der Waals surface area contributed by atoms with Gasteiger partial charge in [0.1, 0.15) is 0 Å². The van der Waals surface area contributed by atoms with E-state index in [1.807, 2.05) is 0 Å². The normalized spacial score (nSPS) is 33.0. The second-order valence-electron chi connectivity index (χ2n) is 2.51. The number of aliphatic hydroxyl groups excluding tert-OH is 1. The van der Waals surface area contributed by atoms with Crippen LogP contribution in [0.5, 0.6) is 0 Å². The minimum Gasteiger partial charge on any atom is -0.390 e. The van der Waals surface area contributed by atoms with Gasteiger partial charge in [0.05, 0.1) is 12.2 Å². The summed E-state index contributed by atoms with van der Waals surface area (Å²) in [5, 5.41) is 9.27. The zero-order valence-electron chi connectivity index (χ0n) is 6.25. The van der Waals surface area contributed by atoms with E-state index in [1.165, 1.54) is 0 Å². The van der Waals surface area contributed by atoms with Gasteiger partial charge in [-0.1, -0.05) is 6.92 Å². The Bertz CT molecular complexity index is 97.6. The first-order valence-electron chi connectivity index (χ1n) is 3.72. The third kappa shape index (κ3) is 2.15. The molecule has 2 atom stereocenters. The number of hydrogen-bond donors (Lipinski definition) is 1. The van der Waals surface area contributed by atoms with Crippen molar-refractivity contribution in [1.29, 1.82) is 0 Å². The molecule has 1 aliphatic rings. The topological polar surface area (TPSA) is 29.5 Å². The fraction of sp³-hybridized carbons (Fsp3) is 1.00. The molecule has 0 aliphatic carbocycles. The van der Waals surface area contributed by atoms with Gasteiger partial charge in [0.2, 0.25) is 0 Å². The molecule has 0 radical (unpaired) electrons. The van der Waals surface area contributed by atoms with Gasteiger partial charge in [-0.15, -0.1) is 0 Å². The maximum atomic E-state index is 9.27. The van der Waals surface area contributed by atoms with Crippen molar-refractivity contribution in [1.82, 2.24) is 0 Å². The Morgan fingerprint density at radius 1 is 1.60 bits per heavy atom. The highest BCUT2D eigenvalue weighted by Gasteiger charge is 2.25. The Morgan fingerprint density at radius 3 is 2.90 bits per heavy atom. The minimum atomic E-state index is -0.225. The van der Waals surface area contributed by atoms with Gasteiger partial charge in [0, 0.05) is 18.1 Å². The molecular weight excluding hydrogens is 148 g/mol. The van der Waals surface area contributed by atoms with Crippen molar-refractivity contribution in [2.75, 3.05) is 18.1 Å². The number of aliphatic hydroxyl groups is 1. The minimum absolute atomic E-state index is 0.102. The van der Waals surface area contributed by atoms with E-state index in [4.69, 9.17) is 4.74 Å². The zero-order valence-corrected chi connectivity index (χ0v) is 7.06. The highest BCUT2D eigenvalue weighted by molar-refractivity contribution is 7.99. The van der Waals surface area contributed by atoms with E-state index in [9.17, 15) is 5.11 Å². The van der Waals surface area contributed by atoms with Crippen LogP contribution in [-0.2, 0) is 4.74 Å². The van der Waals surface area contributed by atoms with Gasteiger partial charge in [-0.3, -0.25) is 0 Å². The molecule has 0 aromatic carbocycles. The molecule has 1 saturated heterocycles. The second kappa shape index (κ2) is 4.21. The van der Waals surface area contributed by atoms with Crippen molar-refractivity contribution >= 4 is 11.8 Å². The molecule has 2 nitrogen and oxygen atoms in total.